The van der Waals surface area contributed by atoms with Gasteiger partial charge in [0.25, 0.3) is 5.95 Å². The van der Waals surface area contributed by atoms with Crippen LogP contribution in [0, 0.1) is 19.8 Å². The maximum atomic E-state index is 11.1. The molecular weight excluding hydrogens is 306 g/mol. The SMILES string of the molecule is CCc1cc(N2CCC(C(=O)O)CC2)nc(-n2nc(C)cc2C)n1. The molecule has 1 aliphatic heterocycles. The molecule has 0 saturated carbocycles. The van der Waals surface area contributed by atoms with E-state index in [9.17, 15) is 4.79 Å². The standard InChI is InChI=1S/C17H23N5O2/c1-4-14-10-15(21-7-5-13(6-8-21)16(23)24)19-17(18-14)22-12(3)9-11(2)20-22/h9-10,13H,4-8H2,1-3H3,(H,23,24). The van der Waals surface area contributed by atoms with E-state index in [2.05, 4.69) is 26.9 Å². The van der Waals surface area contributed by atoms with E-state index in [-0.39, 0.29) is 5.92 Å². The van der Waals surface area contributed by atoms with E-state index in [1.807, 2.05) is 26.0 Å². The summed E-state index contributed by atoms with van der Waals surface area (Å²) in [7, 11) is 0. The van der Waals surface area contributed by atoms with Gasteiger partial charge in [-0.15, -0.1) is 0 Å². The normalized spacial score (nSPS) is 15.7. The number of carboxylic acid groups (broad SMARTS) is 1. The largest absolute Gasteiger partial charge is 0.481 e. The van der Waals surface area contributed by atoms with Crippen LogP contribution in [0.1, 0.15) is 36.8 Å². The zero-order chi connectivity index (χ0) is 17.3. The van der Waals surface area contributed by atoms with Crippen molar-refractivity contribution in [3.05, 3.63) is 29.2 Å². The Hall–Kier alpha value is -2.44. The average molecular weight is 329 g/mol. The third-order valence-corrected chi connectivity index (χ3v) is 4.48. The first-order valence-corrected chi connectivity index (χ1v) is 8.37. The van der Waals surface area contributed by atoms with Gasteiger partial charge in [-0.2, -0.15) is 10.1 Å². The molecule has 0 aliphatic carbocycles. The van der Waals surface area contributed by atoms with Crippen LogP contribution in [0.5, 0.6) is 0 Å². The number of hydrogen-bond donors (Lipinski definition) is 1. The van der Waals surface area contributed by atoms with Gasteiger partial charge in [0, 0.05) is 30.5 Å². The number of hydrogen-bond acceptors (Lipinski definition) is 5. The summed E-state index contributed by atoms with van der Waals surface area (Å²) in [4.78, 5) is 22.6. The Morgan fingerprint density at radius 3 is 2.50 bits per heavy atom. The van der Waals surface area contributed by atoms with Crippen LogP contribution < -0.4 is 4.90 Å². The lowest BCUT2D eigenvalue weighted by atomic mass is 9.97. The molecule has 128 valence electrons. The molecule has 0 amide bonds. The molecule has 0 radical (unpaired) electrons. The van der Waals surface area contributed by atoms with E-state index >= 15 is 0 Å². The minimum absolute atomic E-state index is 0.246. The summed E-state index contributed by atoms with van der Waals surface area (Å²) < 4.78 is 1.77. The summed E-state index contributed by atoms with van der Waals surface area (Å²) in [6, 6.07) is 4.00. The third kappa shape index (κ3) is 3.25. The molecule has 3 rings (SSSR count). The van der Waals surface area contributed by atoms with Gasteiger partial charge in [-0.3, -0.25) is 4.79 Å². The van der Waals surface area contributed by atoms with Crippen LogP contribution in [0.4, 0.5) is 5.82 Å². The molecular formula is C17H23N5O2. The van der Waals surface area contributed by atoms with Crippen LogP contribution in [0.15, 0.2) is 12.1 Å². The summed E-state index contributed by atoms with van der Waals surface area (Å²) in [5.74, 6) is 0.489. The van der Waals surface area contributed by atoms with Gasteiger partial charge in [0.2, 0.25) is 0 Å². The third-order valence-electron chi connectivity index (χ3n) is 4.48. The van der Waals surface area contributed by atoms with Gasteiger partial charge in [-0.05, 0) is 39.2 Å². The number of piperidine rings is 1. The molecule has 2 aromatic rings. The maximum Gasteiger partial charge on any atom is 0.306 e. The second-order valence-corrected chi connectivity index (χ2v) is 6.31. The molecule has 7 heteroatoms. The zero-order valence-corrected chi connectivity index (χ0v) is 14.4. The number of aliphatic carboxylic acids is 1. The summed E-state index contributed by atoms with van der Waals surface area (Å²) >= 11 is 0. The van der Waals surface area contributed by atoms with Crippen molar-refractivity contribution in [2.24, 2.45) is 5.92 Å². The van der Waals surface area contributed by atoms with E-state index in [1.54, 1.807) is 4.68 Å². The summed E-state index contributed by atoms with van der Waals surface area (Å²) in [5, 5.41) is 13.6. The fourth-order valence-electron chi connectivity index (χ4n) is 3.09. The Kier molecular flexibility index (Phi) is 4.51. The molecule has 0 bridgehead atoms. The second-order valence-electron chi connectivity index (χ2n) is 6.31. The van der Waals surface area contributed by atoms with Gasteiger partial charge in [0.15, 0.2) is 0 Å². The highest BCUT2D eigenvalue weighted by Gasteiger charge is 2.25. The van der Waals surface area contributed by atoms with E-state index in [1.165, 1.54) is 0 Å². The first-order chi connectivity index (χ1) is 11.5. The van der Waals surface area contributed by atoms with E-state index in [0.29, 0.717) is 31.9 Å². The smallest absolute Gasteiger partial charge is 0.306 e. The van der Waals surface area contributed by atoms with E-state index < -0.39 is 5.97 Å². The van der Waals surface area contributed by atoms with E-state index in [4.69, 9.17) is 5.11 Å². The Balaban J connectivity index is 1.90. The molecule has 0 atom stereocenters. The van der Waals surface area contributed by atoms with Gasteiger partial charge in [0.1, 0.15) is 5.82 Å². The Labute approximate surface area is 141 Å². The summed E-state index contributed by atoms with van der Waals surface area (Å²) in [5.41, 5.74) is 2.89. The molecule has 24 heavy (non-hydrogen) atoms. The van der Waals surface area contributed by atoms with Crippen molar-refractivity contribution in [1.29, 1.82) is 0 Å². The van der Waals surface area contributed by atoms with E-state index in [0.717, 1.165) is 29.3 Å². The van der Waals surface area contributed by atoms with Crippen molar-refractivity contribution in [3.63, 3.8) is 0 Å². The van der Waals surface area contributed by atoms with Crippen LogP contribution in [-0.2, 0) is 11.2 Å². The number of anilines is 1. The Bertz CT molecular complexity index is 747. The molecule has 0 unspecified atom stereocenters. The van der Waals surface area contributed by atoms with Gasteiger partial charge >= 0.3 is 5.97 Å². The number of nitrogens with zero attached hydrogens (tertiary/aromatic N) is 5. The monoisotopic (exact) mass is 329 g/mol. The van der Waals surface area contributed by atoms with Crippen LogP contribution in [0.25, 0.3) is 5.95 Å². The molecule has 1 aliphatic rings. The average Bonchev–Trinajstić information content (AvgIpc) is 2.93. The first-order valence-electron chi connectivity index (χ1n) is 8.37. The van der Waals surface area contributed by atoms with Crippen LogP contribution in [-0.4, -0.2) is 43.9 Å². The van der Waals surface area contributed by atoms with Crippen LogP contribution >= 0.6 is 0 Å². The minimum Gasteiger partial charge on any atom is -0.481 e. The number of rotatable bonds is 4. The number of aryl methyl sites for hydroxylation is 3. The predicted molar refractivity (Wildman–Crippen MR) is 90.6 cm³/mol. The molecule has 3 heterocycles. The lowest BCUT2D eigenvalue weighted by molar-refractivity contribution is -0.142. The first kappa shape index (κ1) is 16.4. The maximum absolute atomic E-state index is 11.1. The lowest BCUT2D eigenvalue weighted by Crippen LogP contribution is -2.37. The highest BCUT2D eigenvalue weighted by atomic mass is 16.4. The van der Waals surface area contributed by atoms with Crippen molar-refractivity contribution in [1.82, 2.24) is 19.7 Å². The summed E-state index contributed by atoms with van der Waals surface area (Å²) in [6.07, 6.45) is 2.11. The van der Waals surface area contributed by atoms with Crippen molar-refractivity contribution in [2.45, 2.75) is 40.0 Å². The molecule has 1 fully saturated rings. The molecule has 2 aromatic heterocycles. The molecule has 7 nitrogen and oxygen atoms in total. The fourth-order valence-corrected chi connectivity index (χ4v) is 3.09. The van der Waals surface area contributed by atoms with Crippen LogP contribution in [0.3, 0.4) is 0 Å². The van der Waals surface area contributed by atoms with Crippen molar-refractivity contribution in [3.8, 4) is 5.95 Å². The van der Waals surface area contributed by atoms with Gasteiger partial charge in [-0.25, -0.2) is 9.67 Å². The molecule has 0 aromatic carbocycles. The molecule has 0 spiro atoms. The predicted octanol–water partition coefficient (Wildman–Crippen LogP) is 2.14. The topological polar surface area (TPSA) is 84.1 Å². The van der Waals surface area contributed by atoms with Crippen molar-refractivity contribution < 1.29 is 9.90 Å². The Morgan fingerprint density at radius 1 is 1.25 bits per heavy atom. The van der Waals surface area contributed by atoms with Gasteiger partial charge < -0.3 is 10.0 Å². The lowest BCUT2D eigenvalue weighted by Gasteiger charge is -2.31. The van der Waals surface area contributed by atoms with Gasteiger partial charge in [-0.1, -0.05) is 6.92 Å². The number of carbonyl (C=O) groups is 1. The number of aromatic nitrogens is 4. The number of carboxylic acids is 1. The quantitative estimate of drug-likeness (QED) is 0.925. The minimum atomic E-state index is -0.699. The van der Waals surface area contributed by atoms with Crippen molar-refractivity contribution >= 4 is 11.8 Å². The van der Waals surface area contributed by atoms with Crippen LogP contribution in [0.2, 0.25) is 0 Å². The van der Waals surface area contributed by atoms with Crippen molar-refractivity contribution in [2.75, 3.05) is 18.0 Å². The summed E-state index contributed by atoms with van der Waals surface area (Å²) in [6.45, 7) is 7.40. The highest BCUT2D eigenvalue weighted by Crippen LogP contribution is 2.23. The Morgan fingerprint density at radius 2 is 1.96 bits per heavy atom. The molecule has 1 N–H and O–H groups in total. The molecule has 1 saturated heterocycles. The highest BCUT2D eigenvalue weighted by molar-refractivity contribution is 5.70. The zero-order valence-electron chi connectivity index (χ0n) is 14.4. The second kappa shape index (κ2) is 6.59. The fraction of sp³-hybridized carbons (Fsp3) is 0.529. The van der Waals surface area contributed by atoms with Gasteiger partial charge in [0.05, 0.1) is 11.6 Å².